The van der Waals surface area contributed by atoms with E-state index in [4.69, 9.17) is 5.11 Å². The lowest BCUT2D eigenvalue weighted by Gasteiger charge is -2.40. The fraction of sp³-hybridized carbons (Fsp3) is 0.500. The number of carboxylic acids is 1. The number of aliphatic carboxylic acids is 1. The molecule has 0 aromatic heterocycles. The molecule has 5 heteroatoms. The fourth-order valence-electron chi connectivity index (χ4n) is 2.70. The Morgan fingerprint density at radius 2 is 1.90 bits per heavy atom. The Bertz CT molecular complexity index is 509. The molecule has 1 aromatic rings. The molecule has 114 valence electrons. The molecule has 1 aromatic carbocycles. The summed E-state index contributed by atoms with van der Waals surface area (Å²) in [4.78, 5) is 22.7. The number of carbonyl (C=O) groups excluding carboxylic acids is 1. The molecule has 0 radical (unpaired) electrons. The van der Waals surface area contributed by atoms with Crippen LogP contribution in [0.2, 0.25) is 0 Å². The van der Waals surface area contributed by atoms with E-state index < -0.39 is 5.97 Å². The lowest BCUT2D eigenvalue weighted by atomic mass is 9.66. The summed E-state index contributed by atoms with van der Waals surface area (Å²) in [6, 6.07) is 6.09. The molecular weight excluding hydrogens is 273 g/mol. The van der Waals surface area contributed by atoms with E-state index in [1.165, 1.54) is 12.1 Å². The second-order valence-electron chi connectivity index (χ2n) is 5.83. The van der Waals surface area contributed by atoms with Crippen molar-refractivity contribution in [3.8, 4) is 0 Å². The summed E-state index contributed by atoms with van der Waals surface area (Å²) in [5, 5.41) is 11.7. The van der Waals surface area contributed by atoms with Crippen molar-refractivity contribution < 1.29 is 19.1 Å². The van der Waals surface area contributed by atoms with Gasteiger partial charge >= 0.3 is 5.97 Å². The molecule has 2 N–H and O–H groups in total. The number of hydrogen-bond acceptors (Lipinski definition) is 2. The van der Waals surface area contributed by atoms with E-state index in [9.17, 15) is 14.0 Å². The first kappa shape index (κ1) is 15.5. The molecule has 1 saturated carbocycles. The average Bonchev–Trinajstić information content (AvgIpc) is 2.40. The number of amides is 1. The van der Waals surface area contributed by atoms with Crippen molar-refractivity contribution in [1.82, 2.24) is 5.32 Å². The van der Waals surface area contributed by atoms with Gasteiger partial charge < -0.3 is 10.4 Å². The third-order valence-electron chi connectivity index (χ3n) is 4.15. The van der Waals surface area contributed by atoms with Gasteiger partial charge in [0.25, 0.3) is 0 Å². The summed E-state index contributed by atoms with van der Waals surface area (Å²) >= 11 is 0. The van der Waals surface area contributed by atoms with E-state index in [0.717, 1.165) is 24.8 Å². The third-order valence-corrected chi connectivity index (χ3v) is 4.15. The molecule has 1 fully saturated rings. The van der Waals surface area contributed by atoms with Gasteiger partial charge in [-0.2, -0.15) is 0 Å². The van der Waals surface area contributed by atoms with E-state index in [2.05, 4.69) is 5.32 Å². The number of aryl methyl sites for hydroxylation is 1. The number of nitrogens with one attached hydrogen (secondary N) is 1. The van der Waals surface area contributed by atoms with Gasteiger partial charge in [-0.15, -0.1) is 0 Å². The molecule has 1 amide bonds. The Morgan fingerprint density at radius 3 is 2.43 bits per heavy atom. The number of carboxylic acid groups (broad SMARTS) is 1. The molecule has 21 heavy (non-hydrogen) atoms. The van der Waals surface area contributed by atoms with Gasteiger partial charge in [0.1, 0.15) is 5.82 Å². The van der Waals surface area contributed by atoms with Crippen LogP contribution in [0.15, 0.2) is 24.3 Å². The zero-order chi connectivity index (χ0) is 15.3. The summed E-state index contributed by atoms with van der Waals surface area (Å²) < 4.78 is 12.8. The number of halogens is 1. The van der Waals surface area contributed by atoms with Crippen LogP contribution in [0.3, 0.4) is 0 Å². The highest BCUT2D eigenvalue weighted by molar-refractivity contribution is 5.76. The molecule has 4 nitrogen and oxygen atoms in total. The van der Waals surface area contributed by atoms with Gasteiger partial charge in [-0.25, -0.2) is 4.39 Å². The van der Waals surface area contributed by atoms with Gasteiger partial charge in [0, 0.05) is 13.0 Å². The van der Waals surface area contributed by atoms with Crippen LogP contribution in [0, 0.1) is 11.2 Å². The molecule has 0 heterocycles. The van der Waals surface area contributed by atoms with Gasteiger partial charge in [-0.3, -0.25) is 9.59 Å². The van der Waals surface area contributed by atoms with Crippen LogP contribution in [0.4, 0.5) is 4.39 Å². The van der Waals surface area contributed by atoms with Crippen LogP contribution >= 0.6 is 0 Å². The van der Waals surface area contributed by atoms with Crippen molar-refractivity contribution in [2.75, 3.05) is 6.54 Å². The molecule has 1 aliphatic rings. The normalized spacial score (nSPS) is 16.0. The highest BCUT2D eigenvalue weighted by Crippen LogP contribution is 2.43. The second-order valence-corrected chi connectivity index (χ2v) is 5.83. The molecule has 0 unspecified atom stereocenters. The zero-order valence-electron chi connectivity index (χ0n) is 11.9. The third kappa shape index (κ3) is 4.55. The summed E-state index contributed by atoms with van der Waals surface area (Å²) in [6.07, 6.45) is 3.74. The average molecular weight is 293 g/mol. The van der Waals surface area contributed by atoms with Gasteiger partial charge in [-0.1, -0.05) is 18.6 Å². The minimum atomic E-state index is -0.810. The van der Waals surface area contributed by atoms with Crippen molar-refractivity contribution >= 4 is 11.9 Å². The topological polar surface area (TPSA) is 66.4 Å². The standard InChI is InChI=1S/C16H20FNO3/c17-13-5-2-12(3-6-13)4-7-14(19)18-11-16(8-1-9-16)10-15(20)21/h2-3,5-6H,1,4,7-11H2,(H,18,19)(H,20,21). The van der Waals surface area contributed by atoms with Crippen LogP contribution in [-0.2, 0) is 16.0 Å². The Kier molecular flexibility index (Phi) is 4.94. The van der Waals surface area contributed by atoms with Crippen LogP contribution in [-0.4, -0.2) is 23.5 Å². The maximum absolute atomic E-state index is 12.8. The van der Waals surface area contributed by atoms with Crippen molar-refractivity contribution in [2.24, 2.45) is 5.41 Å². The number of hydrogen-bond donors (Lipinski definition) is 2. The minimum absolute atomic E-state index is 0.0870. The predicted molar refractivity (Wildman–Crippen MR) is 76.3 cm³/mol. The van der Waals surface area contributed by atoms with Gasteiger partial charge in [-0.05, 0) is 42.4 Å². The SMILES string of the molecule is O=C(O)CC1(CNC(=O)CCc2ccc(F)cc2)CCC1. The van der Waals surface area contributed by atoms with Gasteiger partial charge in [0.05, 0.1) is 6.42 Å². The molecule has 0 bridgehead atoms. The van der Waals surface area contributed by atoms with Crippen LogP contribution < -0.4 is 5.32 Å². The quantitative estimate of drug-likeness (QED) is 0.812. The van der Waals surface area contributed by atoms with E-state index in [1.807, 2.05) is 0 Å². The van der Waals surface area contributed by atoms with Crippen molar-refractivity contribution in [3.05, 3.63) is 35.6 Å². The summed E-state index contributed by atoms with van der Waals surface area (Å²) in [5.41, 5.74) is 0.660. The van der Waals surface area contributed by atoms with Crippen molar-refractivity contribution in [1.29, 1.82) is 0 Å². The predicted octanol–water partition coefficient (Wildman–Crippen LogP) is 2.52. The first-order valence-electron chi connectivity index (χ1n) is 7.22. The smallest absolute Gasteiger partial charge is 0.303 e. The van der Waals surface area contributed by atoms with Gasteiger partial charge in [0.15, 0.2) is 0 Å². The minimum Gasteiger partial charge on any atom is -0.481 e. The molecule has 0 spiro atoms. The molecule has 1 aliphatic carbocycles. The lowest BCUT2D eigenvalue weighted by Crippen LogP contribution is -2.43. The highest BCUT2D eigenvalue weighted by atomic mass is 19.1. The molecule has 0 atom stereocenters. The fourth-order valence-corrected chi connectivity index (χ4v) is 2.70. The molecule has 0 aliphatic heterocycles. The lowest BCUT2D eigenvalue weighted by molar-refractivity contribution is -0.141. The van der Waals surface area contributed by atoms with Crippen molar-refractivity contribution in [3.63, 3.8) is 0 Å². The monoisotopic (exact) mass is 293 g/mol. The highest BCUT2D eigenvalue weighted by Gasteiger charge is 2.39. The van der Waals surface area contributed by atoms with E-state index >= 15 is 0 Å². The number of carbonyl (C=O) groups is 2. The number of rotatable bonds is 7. The van der Waals surface area contributed by atoms with Gasteiger partial charge in [0.2, 0.25) is 5.91 Å². The summed E-state index contributed by atoms with van der Waals surface area (Å²) in [5.74, 6) is -1.19. The Balaban J connectivity index is 1.74. The van der Waals surface area contributed by atoms with E-state index in [1.54, 1.807) is 12.1 Å². The number of benzene rings is 1. The molecule has 0 saturated heterocycles. The largest absolute Gasteiger partial charge is 0.481 e. The van der Waals surface area contributed by atoms with E-state index in [0.29, 0.717) is 19.4 Å². The zero-order valence-corrected chi connectivity index (χ0v) is 11.9. The van der Waals surface area contributed by atoms with Crippen LogP contribution in [0.1, 0.15) is 37.7 Å². The molecule has 2 rings (SSSR count). The maximum atomic E-state index is 12.8. The van der Waals surface area contributed by atoms with Crippen LogP contribution in [0.25, 0.3) is 0 Å². The molecular formula is C16H20FNO3. The Morgan fingerprint density at radius 1 is 1.24 bits per heavy atom. The van der Waals surface area contributed by atoms with E-state index in [-0.39, 0.29) is 23.6 Å². The maximum Gasteiger partial charge on any atom is 0.303 e. The first-order valence-corrected chi connectivity index (χ1v) is 7.22. The Labute approximate surface area is 123 Å². The van der Waals surface area contributed by atoms with Crippen LogP contribution in [0.5, 0.6) is 0 Å². The summed E-state index contributed by atoms with van der Waals surface area (Å²) in [7, 11) is 0. The van der Waals surface area contributed by atoms with Crippen molar-refractivity contribution in [2.45, 2.75) is 38.5 Å². The second kappa shape index (κ2) is 6.70. The Hall–Kier alpha value is -1.91. The summed E-state index contributed by atoms with van der Waals surface area (Å²) in [6.45, 7) is 0.432. The first-order chi connectivity index (χ1) is 9.99.